The van der Waals surface area contributed by atoms with E-state index in [2.05, 4.69) is 25.8 Å². The van der Waals surface area contributed by atoms with Gasteiger partial charge in [0.05, 0.1) is 5.52 Å². The van der Waals surface area contributed by atoms with E-state index in [1.54, 1.807) is 13.1 Å². The zero-order chi connectivity index (χ0) is 20.2. The summed E-state index contributed by atoms with van der Waals surface area (Å²) in [6.45, 7) is 1.63. The van der Waals surface area contributed by atoms with Gasteiger partial charge in [0.15, 0.2) is 10.8 Å². The maximum absolute atomic E-state index is 12.5. The molecule has 0 fully saturated rings. The number of hydrogen-bond acceptors (Lipinski definition) is 5. The molecule has 7 nitrogen and oxygen atoms in total. The molecule has 0 bridgehead atoms. The minimum Gasteiger partial charge on any atom is -0.339 e. The number of thiazole rings is 1. The van der Waals surface area contributed by atoms with Crippen molar-refractivity contribution in [3.05, 3.63) is 76.9 Å². The standard InChI is InChI=1S/C21H19N5O2S/c1-13(23-20(28)18-16-9-5-6-10-17(16)25-26-18)19(27)24-21-22-12-15(29-21)11-14-7-3-2-4-8-14/h2-10,12-13H,11H2,1H3,(H,23,28)(H,25,26)(H,22,24,27). The Morgan fingerprint density at radius 2 is 1.86 bits per heavy atom. The number of benzene rings is 2. The lowest BCUT2D eigenvalue weighted by molar-refractivity contribution is -0.117. The molecular formula is C21H19N5O2S. The van der Waals surface area contributed by atoms with Crippen molar-refractivity contribution in [3.63, 3.8) is 0 Å². The fraction of sp³-hybridized carbons (Fsp3) is 0.143. The molecule has 1 unspecified atom stereocenters. The SMILES string of the molecule is CC(NC(=O)c1n[nH]c2ccccc12)C(=O)Nc1ncc(Cc2ccccc2)s1. The molecule has 0 aliphatic rings. The Balaban J connectivity index is 1.36. The van der Waals surface area contributed by atoms with E-state index < -0.39 is 11.9 Å². The molecule has 0 aliphatic carbocycles. The molecule has 0 spiro atoms. The third-order valence-electron chi connectivity index (χ3n) is 4.43. The van der Waals surface area contributed by atoms with Crippen molar-refractivity contribution < 1.29 is 9.59 Å². The monoisotopic (exact) mass is 405 g/mol. The molecule has 3 N–H and O–H groups in total. The summed E-state index contributed by atoms with van der Waals surface area (Å²) >= 11 is 1.42. The van der Waals surface area contributed by atoms with Crippen molar-refractivity contribution >= 4 is 39.2 Å². The van der Waals surface area contributed by atoms with Gasteiger partial charge in [-0.2, -0.15) is 5.10 Å². The minimum absolute atomic E-state index is 0.264. The van der Waals surface area contributed by atoms with Gasteiger partial charge in [0.1, 0.15) is 6.04 Å². The van der Waals surface area contributed by atoms with E-state index in [4.69, 9.17) is 0 Å². The first kappa shape index (κ1) is 18.8. The average Bonchev–Trinajstić information content (AvgIpc) is 3.35. The number of nitrogens with zero attached hydrogens (tertiary/aromatic N) is 2. The Hall–Kier alpha value is -3.52. The van der Waals surface area contributed by atoms with Gasteiger partial charge in [-0.25, -0.2) is 4.98 Å². The highest BCUT2D eigenvalue weighted by Crippen LogP contribution is 2.21. The second kappa shape index (κ2) is 8.24. The number of aromatic nitrogens is 3. The van der Waals surface area contributed by atoms with E-state index in [0.717, 1.165) is 16.8 Å². The summed E-state index contributed by atoms with van der Waals surface area (Å²) in [5, 5.41) is 13.5. The van der Waals surface area contributed by atoms with E-state index >= 15 is 0 Å². The van der Waals surface area contributed by atoms with Crippen LogP contribution in [0.4, 0.5) is 5.13 Å². The first-order chi connectivity index (χ1) is 14.1. The Labute approximate surface area is 171 Å². The molecule has 2 aromatic carbocycles. The second-order valence-electron chi connectivity index (χ2n) is 6.60. The van der Waals surface area contributed by atoms with Crippen molar-refractivity contribution in [1.82, 2.24) is 20.5 Å². The molecule has 4 rings (SSSR count). The van der Waals surface area contributed by atoms with Crippen LogP contribution < -0.4 is 10.6 Å². The highest BCUT2D eigenvalue weighted by molar-refractivity contribution is 7.15. The quantitative estimate of drug-likeness (QED) is 0.458. The molecule has 0 aliphatic heterocycles. The molecule has 1 atom stereocenters. The zero-order valence-corrected chi connectivity index (χ0v) is 16.5. The van der Waals surface area contributed by atoms with E-state index in [1.165, 1.54) is 16.9 Å². The number of carbonyl (C=O) groups excluding carboxylic acids is 2. The molecule has 0 radical (unpaired) electrons. The molecule has 8 heteroatoms. The molecule has 2 heterocycles. The topological polar surface area (TPSA) is 99.8 Å². The van der Waals surface area contributed by atoms with Crippen LogP contribution >= 0.6 is 11.3 Å². The van der Waals surface area contributed by atoms with Gasteiger partial charge in [0.25, 0.3) is 5.91 Å². The van der Waals surface area contributed by atoms with Crippen molar-refractivity contribution in [3.8, 4) is 0 Å². The van der Waals surface area contributed by atoms with Gasteiger partial charge < -0.3 is 10.6 Å². The molecule has 29 heavy (non-hydrogen) atoms. The number of rotatable bonds is 6. The summed E-state index contributed by atoms with van der Waals surface area (Å²) in [6, 6.07) is 16.7. The number of aromatic amines is 1. The van der Waals surface area contributed by atoms with Gasteiger partial charge in [0.2, 0.25) is 5.91 Å². The Morgan fingerprint density at radius 1 is 1.10 bits per heavy atom. The van der Waals surface area contributed by atoms with Crippen molar-refractivity contribution in [2.45, 2.75) is 19.4 Å². The Bertz CT molecular complexity index is 1150. The first-order valence-corrected chi connectivity index (χ1v) is 9.95. The van der Waals surface area contributed by atoms with Crippen molar-refractivity contribution in [1.29, 1.82) is 0 Å². The largest absolute Gasteiger partial charge is 0.339 e. The molecule has 146 valence electrons. The average molecular weight is 405 g/mol. The van der Waals surface area contributed by atoms with Crippen LogP contribution in [0, 0.1) is 0 Å². The third-order valence-corrected chi connectivity index (χ3v) is 5.34. The fourth-order valence-corrected chi connectivity index (χ4v) is 3.77. The molecule has 2 amide bonds. The molecule has 2 aromatic heterocycles. The van der Waals surface area contributed by atoms with E-state index in [-0.39, 0.29) is 11.6 Å². The normalized spacial score (nSPS) is 11.9. The van der Waals surface area contributed by atoms with Crippen LogP contribution in [0.5, 0.6) is 0 Å². The van der Waals surface area contributed by atoms with Crippen molar-refractivity contribution in [2.24, 2.45) is 0 Å². The molecule has 4 aromatic rings. The van der Waals surface area contributed by atoms with Crippen LogP contribution in [-0.2, 0) is 11.2 Å². The Kier molecular flexibility index (Phi) is 5.35. The van der Waals surface area contributed by atoms with Gasteiger partial charge in [0, 0.05) is 22.9 Å². The lowest BCUT2D eigenvalue weighted by Crippen LogP contribution is -2.41. The smallest absolute Gasteiger partial charge is 0.273 e. The van der Waals surface area contributed by atoms with Gasteiger partial charge in [-0.15, -0.1) is 11.3 Å². The van der Waals surface area contributed by atoms with Crippen LogP contribution in [0.2, 0.25) is 0 Å². The lowest BCUT2D eigenvalue weighted by Gasteiger charge is -2.12. The molecule has 0 saturated carbocycles. The van der Waals surface area contributed by atoms with Crippen LogP contribution in [0.1, 0.15) is 27.9 Å². The predicted molar refractivity (Wildman–Crippen MR) is 113 cm³/mol. The highest BCUT2D eigenvalue weighted by atomic mass is 32.1. The summed E-state index contributed by atoms with van der Waals surface area (Å²) < 4.78 is 0. The van der Waals surface area contributed by atoms with E-state index in [0.29, 0.717) is 10.5 Å². The van der Waals surface area contributed by atoms with Gasteiger partial charge in [-0.05, 0) is 18.6 Å². The second-order valence-corrected chi connectivity index (χ2v) is 7.71. The molecule has 0 saturated heterocycles. The number of amides is 2. The highest BCUT2D eigenvalue weighted by Gasteiger charge is 2.20. The number of fused-ring (bicyclic) bond motifs is 1. The number of anilines is 1. The number of hydrogen-bond donors (Lipinski definition) is 3. The van der Waals surface area contributed by atoms with Gasteiger partial charge in [-0.3, -0.25) is 14.7 Å². The predicted octanol–water partition coefficient (Wildman–Crippen LogP) is 3.37. The van der Waals surface area contributed by atoms with Gasteiger partial charge in [-0.1, -0.05) is 48.5 Å². The van der Waals surface area contributed by atoms with E-state index in [9.17, 15) is 9.59 Å². The minimum atomic E-state index is -0.737. The number of nitrogens with one attached hydrogen (secondary N) is 3. The van der Waals surface area contributed by atoms with E-state index in [1.807, 2.05) is 54.6 Å². The van der Waals surface area contributed by atoms with Crippen LogP contribution in [0.3, 0.4) is 0 Å². The summed E-state index contributed by atoms with van der Waals surface area (Å²) in [7, 11) is 0. The Morgan fingerprint density at radius 3 is 2.69 bits per heavy atom. The van der Waals surface area contributed by atoms with Crippen LogP contribution in [0.25, 0.3) is 10.9 Å². The summed E-state index contributed by atoms with van der Waals surface area (Å²) in [5.41, 5.74) is 2.21. The summed E-state index contributed by atoms with van der Waals surface area (Å²) in [6.07, 6.45) is 2.51. The number of H-pyrrole nitrogens is 1. The van der Waals surface area contributed by atoms with Crippen LogP contribution in [-0.4, -0.2) is 33.0 Å². The number of carbonyl (C=O) groups is 2. The van der Waals surface area contributed by atoms with Gasteiger partial charge >= 0.3 is 0 Å². The maximum atomic E-state index is 12.5. The van der Waals surface area contributed by atoms with Crippen LogP contribution in [0.15, 0.2) is 60.8 Å². The zero-order valence-electron chi connectivity index (χ0n) is 15.7. The fourth-order valence-electron chi connectivity index (χ4n) is 2.92. The third kappa shape index (κ3) is 4.33. The van der Waals surface area contributed by atoms with Crippen molar-refractivity contribution in [2.75, 3.05) is 5.32 Å². The lowest BCUT2D eigenvalue weighted by atomic mass is 10.1. The number of para-hydroxylation sites is 1. The summed E-state index contributed by atoms with van der Waals surface area (Å²) in [4.78, 5) is 30.3. The molecular weight excluding hydrogens is 386 g/mol. The first-order valence-electron chi connectivity index (χ1n) is 9.13. The maximum Gasteiger partial charge on any atom is 0.273 e. The summed E-state index contributed by atoms with van der Waals surface area (Å²) in [5.74, 6) is -0.743.